The Labute approximate surface area is 205 Å². The first kappa shape index (κ1) is 25.4. The first-order valence-electron chi connectivity index (χ1n) is 11.5. The van der Waals surface area contributed by atoms with Crippen LogP contribution in [-0.2, 0) is 4.74 Å². The quantitative estimate of drug-likeness (QED) is 0.258. The number of carbonyl (C=O) groups excluding carboxylic acids is 1. The molecule has 36 heavy (non-hydrogen) atoms. The second-order valence-corrected chi connectivity index (χ2v) is 8.46. The summed E-state index contributed by atoms with van der Waals surface area (Å²) < 4.78 is 82.1. The number of aryl methyl sites for hydroxylation is 1. The number of allylic oxidation sites excluding steroid dienone is 1. The van der Waals surface area contributed by atoms with Crippen LogP contribution in [0.1, 0.15) is 47.7 Å². The monoisotopic (exact) mass is 502 g/mol. The van der Waals surface area contributed by atoms with Gasteiger partial charge in [-0.25, -0.2) is 22.4 Å². The predicted octanol–water partition coefficient (Wildman–Crippen LogP) is 7.55. The summed E-state index contributed by atoms with van der Waals surface area (Å²) in [7, 11) is 0. The Bertz CT molecular complexity index is 1350. The lowest BCUT2D eigenvalue weighted by atomic mass is 9.91. The molecule has 4 rings (SSSR count). The summed E-state index contributed by atoms with van der Waals surface area (Å²) >= 11 is 0. The fourth-order valence-corrected chi connectivity index (χ4v) is 4.14. The van der Waals surface area contributed by atoms with Gasteiger partial charge in [0.15, 0.2) is 23.2 Å². The molecule has 0 saturated heterocycles. The summed E-state index contributed by atoms with van der Waals surface area (Å²) in [5.74, 6) is -6.27. The second-order valence-electron chi connectivity index (χ2n) is 8.46. The highest BCUT2D eigenvalue weighted by molar-refractivity contribution is 5.90. The van der Waals surface area contributed by atoms with E-state index in [0.717, 1.165) is 6.07 Å². The van der Waals surface area contributed by atoms with Gasteiger partial charge < -0.3 is 9.47 Å². The van der Waals surface area contributed by atoms with Crippen LogP contribution in [0.2, 0.25) is 0 Å². The smallest absolute Gasteiger partial charge is 0.338 e. The molecule has 0 bridgehead atoms. The van der Waals surface area contributed by atoms with E-state index in [0.29, 0.717) is 18.4 Å². The summed E-state index contributed by atoms with van der Waals surface area (Å²) in [6.07, 6.45) is 2.20. The van der Waals surface area contributed by atoms with Crippen molar-refractivity contribution in [2.75, 3.05) is 6.61 Å². The van der Waals surface area contributed by atoms with Gasteiger partial charge in [-0.1, -0.05) is 24.3 Å². The van der Waals surface area contributed by atoms with Gasteiger partial charge in [0.05, 0.1) is 12.2 Å². The van der Waals surface area contributed by atoms with Crippen molar-refractivity contribution in [3.05, 3.63) is 94.3 Å². The third-order valence-corrected chi connectivity index (χ3v) is 6.10. The van der Waals surface area contributed by atoms with E-state index in [9.17, 15) is 26.7 Å². The summed E-state index contributed by atoms with van der Waals surface area (Å²) in [5.41, 5.74) is 0.400. The molecule has 0 aliphatic heterocycles. The van der Waals surface area contributed by atoms with Crippen LogP contribution in [0.3, 0.4) is 0 Å². The average Bonchev–Trinajstić information content (AvgIpc) is 2.87. The van der Waals surface area contributed by atoms with Gasteiger partial charge in [0.1, 0.15) is 11.9 Å². The van der Waals surface area contributed by atoms with Crippen molar-refractivity contribution >= 4 is 11.5 Å². The normalized spacial score (nSPS) is 15.4. The van der Waals surface area contributed by atoms with Gasteiger partial charge in [0.25, 0.3) is 0 Å². The molecule has 0 fully saturated rings. The van der Waals surface area contributed by atoms with Crippen molar-refractivity contribution in [2.24, 2.45) is 0 Å². The van der Waals surface area contributed by atoms with Crippen LogP contribution in [0.25, 0.3) is 16.7 Å². The minimum absolute atomic E-state index is 0.0931. The second kappa shape index (κ2) is 10.5. The highest BCUT2D eigenvalue weighted by Crippen LogP contribution is 2.33. The first-order chi connectivity index (χ1) is 17.2. The molecule has 1 atom stereocenters. The summed E-state index contributed by atoms with van der Waals surface area (Å²) in [6, 6.07) is 8.79. The van der Waals surface area contributed by atoms with Crippen LogP contribution in [-0.4, -0.2) is 18.7 Å². The van der Waals surface area contributed by atoms with E-state index in [4.69, 9.17) is 9.47 Å². The van der Waals surface area contributed by atoms with E-state index in [-0.39, 0.29) is 46.6 Å². The van der Waals surface area contributed by atoms with Gasteiger partial charge in [-0.2, -0.15) is 4.39 Å². The highest BCUT2D eigenvalue weighted by Gasteiger charge is 2.24. The van der Waals surface area contributed by atoms with E-state index in [2.05, 4.69) is 0 Å². The first-order valence-corrected chi connectivity index (χ1v) is 11.5. The molecule has 1 aliphatic carbocycles. The van der Waals surface area contributed by atoms with Crippen molar-refractivity contribution < 1.29 is 36.2 Å². The number of esters is 1. The zero-order valence-corrected chi connectivity index (χ0v) is 19.6. The van der Waals surface area contributed by atoms with Crippen molar-refractivity contribution in [3.8, 4) is 16.9 Å². The van der Waals surface area contributed by atoms with E-state index in [1.54, 1.807) is 13.0 Å². The molecular weight excluding hydrogens is 479 g/mol. The summed E-state index contributed by atoms with van der Waals surface area (Å²) in [4.78, 5) is 12.6. The number of carbonyl (C=O) groups is 1. The topological polar surface area (TPSA) is 35.5 Å². The number of ether oxygens (including phenoxy) is 2. The number of halogens is 5. The molecule has 0 heterocycles. The summed E-state index contributed by atoms with van der Waals surface area (Å²) in [5, 5.41) is 0. The lowest BCUT2D eigenvalue weighted by Crippen LogP contribution is -2.20. The zero-order valence-electron chi connectivity index (χ0n) is 19.6. The molecule has 0 radical (unpaired) electrons. The Morgan fingerprint density at radius 1 is 0.889 bits per heavy atom. The van der Waals surface area contributed by atoms with Gasteiger partial charge >= 0.3 is 5.97 Å². The largest absolute Gasteiger partial charge is 0.491 e. The minimum atomic E-state index is -1.26. The Hall–Kier alpha value is -3.68. The number of rotatable bonds is 6. The molecule has 188 valence electrons. The minimum Gasteiger partial charge on any atom is -0.491 e. The molecule has 8 heteroatoms. The SMILES string of the molecule is CCOc1ccc(-c2ccc(C(=O)OC3CC=C(c4ccc(C)c(F)c4F)CC3)cc2F)c(F)c1F. The fraction of sp³-hybridized carbons (Fsp3) is 0.250. The Balaban J connectivity index is 1.46. The fourth-order valence-electron chi connectivity index (χ4n) is 4.14. The maximum Gasteiger partial charge on any atom is 0.338 e. The van der Waals surface area contributed by atoms with Crippen LogP contribution < -0.4 is 4.74 Å². The molecule has 3 aromatic carbocycles. The molecule has 1 unspecified atom stereocenters. The molecule has 3 nitrogen and oxygen atoms in total. The molecule has 1 aliphatic rings. The Kier molecular flexibility index (Phi) is 7.43. The molecule has 0 spiro atoms. The lowest BCUT2D eigenvalue weighted by molar-refractivity contribution is 0.0284. The lowest BCUT2D eigenvalue weighted by Gasteiger charge is -2.23. The molecule has 0 aromatic heterocycles. The maximum absolute atomic E-state index is 14.8. The molecule has 3 aromatic rings. The maximum atomic E-state index is 14.8. The number of hydrogen-bond donors (Lipinski definition) is 0. The van der Waals surface area contributed by atoms with Crippen molar-refractivity contribution in [1.82, 2.24) is 0 Å². The number of hydrogen-bond acceptors (Lipinski definition) is 3. The van der Waals surface area contributed by atoms with Crippen LogP contribution in [0, 0.1) is 36.0 Å². The van der Waals surface area contributed by atoms with Crippen LogP contribution in [0.15, 0.2) is 48.5 Å². The van der Waals surface area contributed by atoms with E-state index in [1.165, 1.54) is 43.3 Å². The van der Waals surface area contributed by atoms with Gasteiger partial charge in [0, 0.05) is 23.1 Å². The van der Waals surface area contributed by atoms with E-state index >= 15 is 0 Å². The zero-order chi connectivity index (χ0) is 26.0. The average molecular weight is 502 g/mol. The Morgan fingerprint density at radius 3 is 2.25 bits per heavy atom. The predicted molar refractivity (Wildman–Crippen MR) is 125 cm³/mol. The van der Waals surface area contributed by atoms with Crippen molar-refractivity contribution in [3.63, 3.8) is 0 Å². The highest BCUT2D eigenvalue weighted by atomic mass is 19.2. The van der Waals surface area contributed by atoms with Gasteiger partial charge in [-0.05, 0) is 62.1 Å². The van der Waals surface area contributed by atoms with Gasteiger partial charge in [-0.3, -0.25) is 0 Å². The van der Waals surface area contributed by atoms with E-state index < -0.39 is 41.2 Å². The molecule has 0 saturated carbocycles. The molecule has 0 N–H and O–H groups in total. The number of benzene rings is 3. The Morgan fingerprint density at radius 2 is 1.58 bits per heavy atom. The molecule has 0 amide bonds. The van der Waals surface area contributed by atoms with Gasteiger partial charge in [0.2, 0.25) is 5.82 Å². The van der Waals surface area contributed by atoms with Gasteiger partial charge in [-0.15, -0.1) is 0 Å². The summed E-state index contributed by atoms with van der Waals surface area (Å²) in [6.45, 7) is 3.24. The van der Waals surface area contributed by atoms with Crippen molar-refractivity contribution in [2.45, 2.75) is 39.2 Å². The van der Waals surface area contributed by atoms with Crippen LogP contribution in [0.5, 0.6) is 5.75 Å². The standard InChI is InChI=1S/C28H23F5O3/c1-3-35-23-13-12-21(26(32)27(23)33)20-11-7-17(14-22(20)29)28(34)36-18-8-5-16(6-9-18)19-10-4-15(2)24(30)25(19)31/h4-5,7,10-14,18H,3,6,8-9H2,1-2H3. The molecular formula is C28H23F5O3. The van der Waals surface area contributed by atoms with Crippen LogP contribution >= 0.6 is 0 Å². The third-order valence-electron chi connectivity index (χ3n) is 6.10. The van der Waals surface area contributed by atoms with Crippen LogP contribution in [0.4, 0.5) is 22.0 Å². The van der Waals surface area contributed by atoms with E-state index in [1.807, 2.05) is 0 Å². The third kappa shape index (κ3) is 4.98. The van der Waals surface area contributed by atoms with Crippen molar-refractivity contribution in [1.29, 1.82) is 0 Å².